The summed E-state index contributed by atoms with van der Waals surface area (Å²) in [6.45, 7) is 0.941. The molecular formula is C13H16N2O3. The van der Waals surface area contributed by atoms with Crippen LogP contribution in [-0.4, -0.2) is 41.5 Å². The molecule has 1 aliphatic heterocycles. The molecular weight excluding hydrogens is 232 g/mol. The normalized spacial score (nSPS) is 19.7. The van der Waals surface area contributed by atoms with Crippen molar-refractivity contribution in [3.8, 4) is 0 Å². The van der Waals surface area contributed by atoms with Crippen LogP contribution < -0.4 is 5.32 Å². The van der Waals surface area contributed by atoms with E-state index in [0.717, 1.165) is 19.4 Å². The van der Waals surface area contributed by atoms with Crippen molar-refractivity contribution in [1.82, 2.24) is 4.90 Å². The number of carbonyl (C=O) groups is 2. The zero-order valence-corrected chi connectivity index (χ0v) is 10.2. The molecule has 0 aliphatic carbocycles. The van der Waals surface area contributed by atoms with Crippen molar-refractivity contribution in [2.75, 3.05) is 18.9 Å². The number of anilines is 1. The highest BCUT2D eigenvalue weighted by Gasteiger charge is 2.27. The summed E-state index contributed by atoms with van der Waals surface area (Å²) in [4.78, 5) is 24.7. The van der Waals surface area contributed by atoms with Gasteiger partial charge in [-0.25, -0.2) is 4.79 Å². The maximum absolute atomic E-state index is 12.0. The van der Waals surface area contributed by atoms with Crippen molar-refractivity contribution in [1.29, 1.82) is 0 Å². The molecule has 0 bridgehead atoms. The van der Waals surface area contributed by atoms with Gasteiger partial charge in [0.15, 0.2) is 0 Å². The first kappa shape index (κ1) is 12.6. The number of carboxylic acid groups (broad SMARTS) is 1. The molecule has 1 saturated heterocycles. The third kappa shape index (κ3) is 2.68. The highest BCUT2D eigenvalue weighted by atomic mass is 16.4. The van der Waals surface area contributed by atoms with Crippen LogP contribution in [-0.2, 0) is 4.79 Å². The summed E-state index contributed by atoms with van der Waals surface area (Å²) in [6, 6.07) is 6.10. The number of hydrogen-bond donors (Lipinski definition) is 2. The zero-order chi connectivity index (χ0) is 13.1. The fourth-order valence-corrected chi connectivity index (χ4v) is 2.16. The number of carbonyl (C=O) groups excluding carboxylic acids is 1. The van der Waals surface area contributed by atoms with Crippen molar-refractivity contribution in [3.63, 3.8) is 0 Å². The summed E-state index contributed by atoms with van der Waals surface area (Å²) in [6.07, 6.45) is 1.90. The van der Waals surface area contributed by atoms with Crippen molar-refractivity contribution in [3.05, 3.63) is 29.8 Å². The van der Waals surface area contributed by atoms with E-state index in [1.165, 1.54) is 12.1 Å². The van der Waals surface area contributed by atoms with Gasteiger partial charge in [0.25, 0.3) is 0 Å². The van der Waals surface area contributed by atoms with Crippen LogP contribution in [0, 0.1) is 0 Å². The Morgan fingerprint density at radius 3 is 2.50 bits per heavy atom. The minimum Gasteiger partial charge on any atom is -0.478 e. The van der Waals surface area contributed by atoms with Gasteiger partial charge >= 0.3 is 5.97 Å². The van der Waals surface area contributed by atoms with E-state index in [4.69, 9.17) is 5.11 Å². The number of benzene rings is 1. The van der Waals surface area contributed by atoms with Gasteiger partial charge in [0.1, 0.15) is 0 Å². The second-order valence-electron chi connectivity index (χ2n) is 4.51. The SMILES string of the molecule is CN1CCCC1C(=O)Nc1ccc(C(=O)O)cc1. The summed E-state index contributed by atoms with van der Waals surface area (Å²) in [7, 11) is 1.94. The minimum absolute atomic E-state index is 0.0296. The molecule has 5 heteroatoms. The van der Waals surface area contributed by atoms with E-state index >= 15 is 0 Å². The van der Waals surface area contributed by atoms with Crippen LogP contribution in [0.15, 0.2) is 24.3 Å². The van der Waals surface area contributed by atoms with Gasteiger partial charge in [-0.05, 0) is 50.7 Å². The molecule has 0 saturated carbocycles. The van der Waals surface area contributed by atoms with Crippen molar-refractivity contribution < 1.29 is 14.7 Å². The lowest BCUT2D eigenvalue weighted by Gasteiger charge is -2.18. The topological polar surface area (TPSA) is 69.6 Å². The van der Waals surface area contributed by atoms with Crippen molar-refractivity contribution in [2.24, 2.45) is 0 Å². The predicted octanol–water partition coefficient (Wildman–Crippen LogP) is 1.42. The number of likely N-dealkylation sites (tertiary alicyclic amines) is 1. The second-order valence-corrected chi connectivity index (χ2v) is 4.51. The summed E-state index contributed by atoms with van der Waals surface area (Å²) >= 11 is 0. The molecule has 1 aromatic carbocycles. The molecule has 5 nitrogen and oxygen atoms in total. The lowest BCUT2D eigenvalue weighted by Crippen LogP contribution is -2.37. The van der Waals surface area contributed by atoms with Crippen LogP contribution in [0.4, 0.5) is 5.69 Å². The van der Waals surface area contributed by atoms with Gasteiger partial charge in [-0.1, -0.05) is 0 Å². The number of aromatic carboxylic acids is 1. The van der Waals surface area contributed by atoms with E-state index in [0.29, 0.717) is 5.69 Å². The fraction of sp³-hybridized carbons (Fsp3) is 0.385. The number of carboxylic acids is 1. The highest BCUT2D eigenvalue weighted by molar-refractivity contribution is 5.95. The van der Waals surface area contributed by atoms with E-state index in [-0.39, 0.29) is 17.5 Å². The van der Waals surface area contributed by atoms with Crippen LogP contribution in [0.5, 0.6) is 0 Å². The quantitative estimate of drug-likeness (QED) is 0.848. The Morgan fingerprint density at radius 1 is 1.33 bits per heavy atom. The smallest absolute Gasteiger partial charge is 0.335 e. The first-order valence-electron chi connectivity index (χ1n) is 5.92. The van der Waals surface area contributed by atoms with Crippen molar-refractivity contribution in [2.45, 2.75) is 18.9 Å². The van der Waals surface area contributed by atoms with Crippen molar-refractivity contribution >= 4 is 17.6 Å². The monoisotopic (exact) mass is 248 g/mol. The Bertz CT molecular complexity index is 456. The van der Waals surface area contributed by atoms with Gasteiger partial charge in [0.2, 0.25) is 5.91 Å². The molecule has 1 atom stereocenters. The van der Waals surface area contributed by atoms with Gasteiger partial charge in [-0.2, -0.15) is 0 Å². The molecule has 1 aliphatic rings. The summed E-state index contributed by atoms with van der Waals surface area (Å²) in [5.41, 5.74) is 0.844. The lowest BCUT2D eigenvalue weighted by molar-refractivity contribution is -0.119. The van der Waals surface area contributed by atoms with E-state index in [1.807, 2.05) is 11.9 Å². The van der Waals surface area contributed by atoms with Gasteiger partial charge in [-0.3, -0.25) is 9.69 Å². The number of amides is 1. The summed E-state index contributed by atoms with van der Waals surface area (Å²) in [5.74, 6) is -0.999. The number of rotatable bonds is 3. The predicted molar refractivity (Wildman–Crippen MR) is 67.7 cm³/mol. The van der Waals surface area contributed by atoms with E-state index < -0.39 is 5.97 Å². The molecule has 1 amide bonds. The second kappa shape index (κ2) is 5.18. The molecule has 2 rings (SSSR count). The molecule has 18 heavy (non-hydrogen) atoms. The molecule has 0 radical (unpaired) electrons. The molecule has 0 spiro atoms. The van der Waals surface area contributed by atoms with E-state index in [1.54, 1.807) is 12.1 Å². The molecule has 1 aromatic rings. The average Bonchev–Trinajstić information content (AvgIpc) is 2.76. The minimum atomic E-state index is -0.969. The molecule has 1 unspecified atom stereocenters. The first-order valence-corrected chi connectivity index (χ1v) is 5.92. The molecule has 2 N–H and O–H groups in total. The standard InChI is InChI=1S/C13H16N2O3/c1-15-8-2-3-11(15)12(16)14-10-6-4-9(5-7-10)13(17)18/h4-7,11H,2-3,8H2,1H3,(H,14,16)(H,17,18). The molecule has 0 aromatic heterocycles. The van der Waals surface area contributed by atoms with Crippen LogP contribution in [0.2, 0.25) is 0 Å². The Morgan fingerprint density at radius 2 is 2.00 bits per heavy atom. The number of hydrogen-bond acceptors (Lipinski definition) is 3. The van der Waals surface area contributed by atoms with E-state index in [2.05, 4.69) is 5.32 Å². The maximum Gasteiger partial charge on any atom is 0.335 e. The number of nitrogens with zero attached hydrogens (tertiary/aromatic N) is 1. The largest absolute Gasteiger partial charge is 0.478 e. The average molecular weight is 248 g/mol. The molecule has 96 valence electrons. The Kier molecular flexibility index (Phi) is 3.62. The van der Waals surface area contributed by atoms with Crippen LogP contribution in [0.1, 0.15) is 23.2 Å². The van der Waals surface area contributed by atoms with Crippen LogP contribution >= 0.6 is 0 Å². The number of likely N-dealkylation sites (N-methyl/N-ethyl adjacent to an activating group) is 1. The van der Waals surface area contributed by atoms with E-state index in [9.17, 15) is 9.59 Å². The third-order valence-electron chi connectivity index (χ3n) is 3.22. The maximum atomic E-state index is 12.0. The summed E-state index contributed by atoms with van der Waals surface area (Å²) in [5, 5.41) is 11.6. The van der Waals surface area contributed by atoms with Gasteiger partial charge in [-0.15, -0.1) is 0 Å². The Balaban J connectivity index is 2.00. The molecule has 1 heterocycles. The van der Waals surface area contributed by atoms with Crippen LogP contribution in [0.3, 0.4) is 0 Å². The van der Waals surface area contributed by atoms with Gasteiger partial charge in [0, 0.05) is 5.69 Å². The highest BCUT2D eigenvalue weighted by Crippen LogP contribution is 2.17. The third-order valence-corrected chi connectivity index (χ3v) is 3.22. The zero-order valence-electron chi connectivity index (χ0n) is 10.2. The summed E-state index contributed by atoms with van der Waals surface area (Å²) < 4.78 is 0. The number of nitrogens with one attached hydrogen (secondary N) is 1. The fourth-order valence-electron chi connectivity index (χ4n) is 2.16. The van der Waals surface area contributed by atoms with Gasteiger partial charge in [0.05, 0.1) is 11.6 Å². The Hall–Kier alpha value is -1.88. The van der Waals surface area contributed by atoms with Gasteiger partial charge < -0.3 is 10.4 Å². The first-order chi connectivity index (χ1) is 8.58. The Labute approximate surface area is 105 Å². The molecule has 1 fully saturated rings. The lowest BCUT2D eigenvalue weighted by atomic mass is 10.2. The van der Waals surface area contributed by atoms with Crippen LogP contribution in [0.25, 0.3) is 0 Å².